The standard InChI is InChI=1S/C13H9F3N2O/c14-10-4-3-8(11(15)12(10)16)7-18-13(19)9-2-1-5-17-6-9/h1-6H,7H2,(H,18,19). The zero-order chi connectivity index (χ0) is 13.8. The highest BCUT2D eigenvalue weighted by Crippen LogP contribution is 2.15. The largest absolute Gasteiger partial charge is 0.348 e. The number of carbonyl (C=O) groups excluding carboxylic acids is 1. The van der Waals surface area contributed by atoms with Gasteiger partial charge in [0.05, 0.1) is 5.56 Å². The van der Waals surface area contributed by atoms with Crippen LogP contribution in [0.1, 0.15) is 15.9 Å². The molecular weight excluding hydrogens is 257 g/mol. The molecular formula is C13H9F3N2O. The zero-order valence-electron chi connectivity index (χ0n) is 9.66. The third-order valence-corrected chi connectivity index (χ3v) is 2.48. The van der Waals surface area contributed by atoms with Crippen molar-refractivity contribution >= 4 is 5.91 Å². The summed E-state index contributed by atoms with van der Waals surface area (Å²) in [5, 5.41) is 2.39. The lowest BCUT2D eigenvalue weighted by molar-refractivity contribution is 0.0950. The molecule has 0 aliphatic rings. The number of rotatable bonds is 3. The molecule has 0 saturated heterocycles. The third kappa shape index (κ3) is 2.90. The van der Waals surface area contributed by atoms with Gasteiger partial charge in [-0.25, -0.2) is 13.2 Å². The van der Waals surface area contributed by atoms with E-state index in [1.165, 1.54) is 18.5 Å². The van der Waals surface area contributed by atoms with Gasteiger partial charge in [0.15, 0.2) is 17.5 Å². The Morgan fingerprint density at radius 1 is 1.16 bits per heavy atom. The van der Waals surface area contributed by atoms with Crippen LogP contribution in [-0.4, -0.2) is 10.9 Å². The Morgan fingerprint density at radius 2 is 1.95 bits per heavy atom. The highest BCUT2D eigenvalue weighted by molar-refractivity contribution is 5.93. The monoisotopic (exact) mass is 266 g/mol. The van der Waals surface area contributed by atoms with Gasteiger partial charge in [0, 0.05) is 24.5 Å². The van der Waals surface area contributed by atoms with Gasteiger partial charge in [-0.05, 0) is 18.2 Å². The van der Waals surface area contributed by atoms with E-state index in [-0.39, 0.29) is 12.1 Å². The summed E-state index contributed by atoms with van der Waals surface area (Å²) in [5.41, 5.74) is 0.168. The minimum absolute atomic E-state index is 0.129. The van der Waals surface area contributed by atoms with Crippen molar-refractivity contribution in [3.05, 3.63) is 65.2 Å². The number of pyridine rings is 1. The van der Waals surface area contributed by atoms with Crippen molar-refractivity contribution in [2.75, 3.05) is 0 Å². The van der Waals surface area contributed by atoms with Gasteiger partial charge < -0.3 is 5.32 Å². The molecule has 1 N–H and O–H groups in total. The summed E-state index contributed by atoms with van der Waals surface area (Å²) in [5.74, 6) is -4.59. The Kier molecular flexibility index (Phi) is 3.79. The number of carbonyl (C=O) groups is 1. The molecule has 0 unspecified atom stereocenters. The summed E-state index contributed by atoms with van der Waals surface area (Å²) in [6, 6.07) is 5.00. The molecule has 0 fully saturated rings. The fraction of sp³-hybridized carbons (Fsp3) is 0.0769. The molecule has 1 aromatic heterocycles. The van der Waals surface area contributed by atoms with Crippen molar-refractivity contribution in [2.24, 2.45) is 0 Å². The molecule has 1 aromatic carbocycles. The van der Waals surface area contributed by atoms with Crippen molar-refractivity contribution in [1.29, 1.82) is 0 Å². The van der Waals surface area contributed by atoms with E-state index in [1.54, 1.807) is 6.07 Å². The lowest BCUT2D eigenvalue weighted by Crippen LogP contribution is -2.23. The van der Waals surface area contributed by atoms with Gasteiger partial charge in [-0.1, -0.05) is 6.07 Å². The Labute approximate surface area is 107 Å². The summed E-state index contributed by atoms with van der Waals surface area (Å²) in [6.45, 7) is -0.239. The topological polar surface area (TPSA) is 42.0 Å². The molecule has 0 atom stereocenters. The van der Waals surface area contributed by atoms with Crippen LogP contribution in [-0.2, 0) is 6.54 Å². The molecule has 98 valence electrons. The Balaban J connectivity index is 2.08. The summed E-state index contributed by atoms with van der Waals surface area (Å²) in [4.78, 5) is 15.4. The maximum absolute atomic E-state index is 13.3. The maximum atomic E-state index is 13.3. The normalized spacial score (nSPS) is 10.3. The number of halogens is 3. The predicted octanol–water partition coefficient (Wildman–Crippen LogP) is 2.43. The van der Waals surface area contributed by atoms with Crippen molar-refractivity contribution < 1.29 is 18.0 Å². The van der Waals surface area contributed by atoms with Crippen molar-refractivity contribution in [1.82, 2.24) is 10.3 Å². The van der Waals surface area contributed by atoms with E-state index in [9.17, 15) is 18.0 Å². The van der Waals surface area contributed by atoms with Crippen LogP contribution in [0.25, 0.3) is 0 Å². The van der Waals surface area contributed by atoms with Gasteiger partial charge in [0.25, 0.3) is 5.91 Å². The van der Waals surface area contributed by atoms with E-state index in [0.717, 1.165) is 12.1 Å². The summed E-state index contributed by atoms with van der Waals surface area (Å²) < 4.78 is 39.0. The second-order valence-corrected chi connectivity index (χ2v) is 3.76. The van der Waals surface area contributed by atoms with Crippen LogP contribution in [0.15, 0.2) is 36.7 Å². The van der Waals surface area contributed by atoms with E-state index in [1.807, 2.05) is 0 Å². The Bertz CT molecular complexity index is 602. The van der Waals surface area contributed by atoms with Crippen LogP contribution < -0.4 is 5.32 Å². The van der Waals surface area contributed by atoms with E-state index >= 15 is 0 Å². The average Bonchev–Trinajstić information content (AvgIpc) is 2.45. The number of amides is 1. The van der Waals surface area contributed by atoms with E-state index in [4.69, 9.17) is 0 Å². The van der Waals surface area contributed by atoms with E-state index in [2.05, 4.69) is 10.3 Å². The van der Waals surface area contributed by atoms with Gasteiger partial charge in [-0.15, -0.1) is 0 Å². The Morgan fingerprint density at radius 3 is 2.63 bits per heavy atom. The van der Waals surface area contributed by atoms with Crippen LogP contribution in [0.3, 0.4) is 0 Å². The zero-order valence-corrected chi connectivity index (χ0v) is 9.66. The van der Waals surface area contributed by atoms with Crippen LogP contribution >= 0.6 is 0 Å². The molecule has 2 rings (SSSR count). The number of nitrogens with zero attached hydrogens (tertiary/aromatic N) is 1. The number of aromatic nitrogens is 1. The van der Waals surface area contributed by atoms with Gasteiger partial charge in [-0.2, -0.15) is 0 Å². The van der Waals surface area contributed by atoms with Crippen molar-refractivity contribution in [2.45, 2.75) is 6.54 Å². The molecule has 2 aromatic rings. The van der Waals surface area contributed by atoms with Crippen molar-refractivity contribution in [3.63, 3.8) is 0 Å². The quantitative estimate of drug-likeness (QED) is 0.867. The first-order chi connectivity index (χ1) is 9.09. The van der Waals surface area contributed by atoms with Crippen LogP contribution in [0.4, 0.5) is 13.2 Å². The molecule has 19 heavy (non-hydrogen) atoms. The summed E-state index contributed by atoms with van der Waals surface area (Å²) in [6.07, 6.45) is 2.85. The highest BCUT2D eigenvalue weighted by atomic mass is 19.2. The second-order valence-electron chi connectivity index (χ2n) is 3.76. The number of nitrogens with one attached hydrogen (secondary N) is 1. The predicted molar refractivity (Wildman–Crippen MR) is 61.7 cm³/mol. The molecule has 6 heteroatoms. The number of hydrogen-bond donors (Lipinski definition) is 1. The highest BCUT2D eigenvalue weighted by Gasteiger charge is 2.14. The molecule has 1 heterocycles. The van der Waals surface area contributed by atoms with Gasteiger partial charge >= 0.3 is 0 Å². The van der Waals surface area contributed by atoms with Gasteiger partial charge in [0.1, 0.15) is 0 Å². The van der Waals surface area contributed by atoms with Crippen LogP contribution in [0.5, 0.6) is 0 Å². The second kappa shape index (κ2) is 5.51. The average molecular weight is 266 g/mol. The van der Waals surface area contributed by atoms with Crippen molar-refractivity contribution in [3.8, 4) is 0 Å². The molecule has 0 aliphatic carbocycles. The lowest BCUT2D eigenvalue weighted by Gasteiger charge is -2.07. The molecule has 0 saturated carbocycles. The fourth-order valence-corrected chi connectivity index (χ4v) is 1.48. The van der Waals surface area contributed by atoms with Gasteiger partial charge in [0.2, 0.25) is 0 Å². The first-order valence-electron chi connectivity index (χ1n) is 5.40. The number of hydrogen-bond acceptors (Lipinski definition) is 2. The first kappa shape index (κ1) is 13.1. The Hall–Kier alpha value is -2.37. The molecule has 3 nitrogen and oxygen atoms in total. The summed E-state index contributed by atoms with van der Waals surface area (Å²) in [7, 11) is 0. The third-order valence-electron chi connectivity index (χ3n) is 2.48. The molecule has 0 radical (unpaired) electrons. The lowest BCUT2D eigenvalue weighted by atomic mass is 10.2. The first-order valence-corrected chi connectivity index (χ1v) is 5.40. The molecule has 0 aliphatic heterocycles. The fourth-order valence-electron chi connectivity index (χ4n) is 1.48. The molecule has 0 spiro atoms. The maximum Gasteiger partial charge on any atom is 0.253 e. The van der Waals surface area contributed by atoms with E-state index in [0.29, 0.717) is 5.56 Å². The van der Waals surface area contributed by atoms with Crippen LogP contribution in [0, 0.1) is 17.5 Å². The number of benzene rings is 1. The smallest absolute Gasteiger partial charge is 0.253 e. The van der Waals surface area contributed by atoms with Crippen LogP contribution in [0.2, 0.25) is 0 Å². The van der Waals surface area contributed by atoms with E-state index < -0.39 is 23.4 Å². The summed E-state index contributed by atoms with van der Waals surface area (Å²) >= 11 is 0. The molecule has 1 amide bonds. The minimum Gasteiger partial charge on any atom is -0.348 e. The SMILES string of the molecule is O=C(NCc1ccc(F)c(F)c1F)c1cccnc1. The minimum atomic E-state index is -1.55. The molecule has 0 bridgehead atoms. The van der Waals surface area contributed by atoms with Gasteiger partial charge in [-0.3, -0.25) is 9.78 Å².